The summed E-state index contributed by atoms with van der Waals surface area (Å²) in [5.74, 6) is -0.0896. The topological polar surface area (TPSA) is 99.0 Å². The Morgan fingerprint density at radius 2 is 1.53 bits per heavy atom. The third kappa shape index (κ3) is 4.02. The zero-order valence-electron chi connectivity index (χ0n) is 16.9. The fourth-order valence-corrected chi connectivity index (χ4v) is 4.00. The van der Waals surface area contributed by atoms with Crippen molar-refractivity contribution in [2.45, 2.75) is 19.1 Å². The van der Waals surface area contributed by atoms with Crippen LogP contribution in [0.5, 0.6) is 11.5 Å². The summed E-state index contributed by atoms with van der Waals surface area (Å²) in [6.45, 7) is 3.83. The van der Waals surface area contributed by atoms with Crippen LogP contribution in [0.2, 0.25) is 0 Å². The molecule has 0 aliphatic carbocycles. The van der Waals surface area contributed by atoms with E-state index in [-0.39, 0.29) is 16.5 Å². The van der Waals surface area contributed by atoms with Gasteiger partial charge in [0.2, 0.25) is 0 Å². The number of benzene rings is 2. The van der Waals surface area contributed by atoms with Crippen LogP contribution in [0.4, 0.5) is 11.4 Å². The van der Waals surface area contributed by atoms with E-state index in [4.69, 9.17) is 9.47 Å². The Morgan fingerprint density at radius 3 is 2.00 bits per heavy atom. The van der Waals surface area contributed by atoms with Crippen molar-refractivity contribution in [2.24, 2.45) is 0 Å². The number of methoxy groups -OCH3 is 2. The summed E-state index contributed by atoms with van der Waals surface area (Å²) >= 11 is 1.28. The summed E-state index contributed by atoms with van der Waals surface area (Å²) in [6.07, 6.45) is 0. The molecule has 156 valence electrons. The van der Waals surface area contributed by atoms with Crippen LogP contribution in [0.15, 0.2) is 47.4 Å². The van der Waals surface area contributed by atoms with E-state index in [1.54, 1.807) is 18.2 Å². The summed E-state index contributed by atoms with van der Waals surface area (Å²) in [7, 11) is 2.96. The van der Waals surface area contributed by atoms with Gasteiger partial charge in [-0.1, -0.05) is 13.8 Å². The van der Waals surface area contributed by atoms with Gasteiger partial charge in [-0.25, -0.2) is 4.90 Å². The van der Waals surface area contributed by atoms with E-state index in [9.17, 15) is 19.7 Å². The van der Waals surface area contributed by atoms with Crippen LogP contribution in [-0.4, -0.2) is 36.2 Å². The second kappa shape index (κ2) is 8.58. The summed E-state index contributed by atoms with van der Waals surface area (Å²) in [4.78, 5) is 38.4. The van der Waals surface area contributed by atoms with Crippen LogP contribution < -0.4 is 14.4 Å². The molecule has 30 heavy (non-hydrogen) atoms. The van der Waals surface area contributed by atoms with Crippen molar-refractivity contribution in [1.82, 2.24) is 0 Å². The molecule has 0 bridgehead atoms. The third-order valence-corrected chi connectivity index (χ3v) is 5.44. The Hall–Kier alpha value is -3.33. The van der Waals surface area contributed by atoms with Crippen molar-refractivity contribution < 1.29 is 24.0 Å². The molecule has 0 saturated heterocycles. The lowest BCUT2D eigenvalue weighted by molar-refractivity contribution is -0.384. The first-order valence-corrected chi connectivity index (χ1v) is 9.92. The molecule has 2 amide bonds. The highest BCUT2D eigenvalue weighted by Crippen LogP contribution is 2.41. The van der Waals surface area contributed by atoms with E-state index in [1.165, 1.54) is 50.2 Å². The lowest BCUT2D eigenvalue weighted by Crippen LogP contribution is -2.31. The zero-order chi connectivity index (χ0) is 22.0. The highest BCUT2D eigenvalue weighted by atomic mass is 32.2. The summed E-state index contributed by atoms with van der Waals surface area (Å²) in [5.41, 5.74) is 0.887. The van der Waals surface area contributed by atoms with Gasteiger partial charge in [-0.15, -0.1) is 11.8 Å². The molecular formula is C21H20N2O6S. The van der Waals surface area contributed by atoms with Gasteiger partial charge in [-0.3, -0.25) is 19.7 Å². The van der Waals surface area contributed by atoms with Crippen molar-refractivity contribution in [2.75, 3.05) is 19.1 Å². The van der Waals surface area contributed by atoms with Gasteiger partial charge in [0.05, 0.1) is 35.3 Å². The molecule has 0 unspecified atom stereocenters. The second-order valence-electron chi connectivity index (χ2n) is 6.69. The van der Waals surface area contributed by atoms with E-state index in [1.807, 2.05) is 13.8 Å². The van der Waals surface area contributed by atoms with Crippen LogP contribution in [-0.2, 0) is 9.59 Å². The SMILES string of the molecule is COc1cc(OC)cc(N2C(=O)C(SC(C)C)=C(c3ccc([N+](=O)[O-])cc3)C2=O)c1. The average molecular weight is 428 g/mol. The van der Waals surface area contributed by atoms with Crippen LogP contribution in [0.25, 0.3) is 5.57 Å². The molecule has 0 N–H and O–H groups in total. The van der Waals surface area contributed by atoms with Crippen LogP contribution in [0.1, 0.15) is 19.4 Å². The first-order valence-electron chi connectivity index (χ1n) is 9.04. The van der Waals surface area contributed by atoms with Crippen LogP contribution >= 0.6 is 11.8 Å². The molecule has 3 rings (SSSR count). The quantitative estimate of drug-likeness (QED) is 0.373. The lowest BCUT2D eigenvalue weighted by atomic mass is 10.1. The summed E-state index contributed by atoms with van der Waals surface area (Å²) in [5, 5.41) is 11.0. The van der Waals surface area contributed by atoms with Crippen molar-refractivity contribution in [1.29, 1.82) is 0 Å². The van der Waals surface area contributed by atoms with Gasteiger partial charge < -0.3 is 9.47 Å². The largest absolute Gasteiger partial charge is 0.497 e. The van der Waals surface area contributed by atoms with Gasteiger partial charge in [0, 0.05) is 35.6 Å². The second-order valence-corrected chi connectivity index (χ2v) is 8.28. The van der Waals surface area contributed by atoms with Crippen LogP contribution in [0, 0.1) is 10.1 Å². The maximum Gasteiger partial charge on any atom is 0.272 e. The van der Waals surface area contributed by atoms with Crippen molar-refractivity contribution in [3.8, 4) is 11.5 Å². The molecule has 0 radical (unpaired) electrons. The van der Waals surface area contributed by atoms with E-state index in [0.717, 1.165) is 4.90 Å². The first-order chi connectivity index (χ1) is 14.3. The standard InChI is InChI=1S/C21H20N2O6S/c1-12(2)30-19-18(13-5-7-14(8-6-13)23(26)27)20(24)22(21(19)25)15-9-16(28-3)11-17(10-15)29-4/h5-12H,1-4H3. The number of nitrogens with zero attached hydrogens (tertiary/aromatic N) is 2. The molecule has 9 heteroatoms. The van der Waals surface area contributed by atoms with Gasteiger partial charge in [0.15, 0.2) is 0 Å². The molecule has 2 aromatic rings. The van der Waals surface area contributed by atoms with Gasteiger partial charge in [0.1, 0.15) is 11.5 Å². The zero-order valence-corrected chi connectivity index (χ0v) is 17.7. The van der Waals surface area contributed by atoms with Gasteiger partial charge in [-0.05, 0) is 17.7 Å². The fourth-order valence-electron chi connectivity index (χ4n) is 3.02. The Balaban J connectivity index is 2.11. The van der Waals surface area contributed by atoms with E-state index in [2.05, 4.69) is 0 Å². The first kappa shape index (κ1) is 21.4. The number of hydrogen-bond acceptors (Lipinski definition) is 7. The van der Waals surface area contributed by atoms with Crippen LogP contribution in [0.3, 0.4) is 0 Å². The molecule has 0 saturated carbocycles. The van der Waals surface area contributed by atoms with E-state index in [0.29, 0.717) is 27.7 Å². The van der Waals surface area contributed by atoms with E-state index < -0.39 is 16.7 Å². The van der Waals surface area contributed by atoms with Gasteiger partial charge in [0.25, 0.3) is 17.5 Å². The normalized spacial score (nSPS) is 14.0. The number of hydrogen-bond donors (Lipinski definition) is 0. The number of rotatable bonds is 7. The molecule has 0 fully saturated rings. The molecule has 0 spiro atoms. The van der Waals surface area contributed by atoms with Crippen molar-refractivity contribution >= 4 is 40.5 Å². The minimum absolute atomic E-state index is 0.0459. The Labute approximate surface area is 177 Å². The minimum atomic E-state index is -0.515. The fraction of sp³-hybridized carbons (Fsp3) is 0.238. The number of anilines is 1. The monoisotopic (exact) mass is 428 g/mol. The van der Waals surface area contributed by atoms with Gasteiger partial charge in [-0.2, -0.15) is 0 Å². The molecular weight excluding hydrogens is 408 g/mol. The third-order valence-electron chi connectivity index (χ3n) is 4.36. The minimum Gasteiger partial charge on any atom is -0.497 e. The smallest absolute Gasteiger partial charge is 0.272 e. The maximum atomic E-state index is 13.3. The summed E-state index contributed by atoms with van der Waals surface area (Å²) in [6, 6.07) is 10.4. The summed E-state index contributed by atoms with van der Waals surface area (Å²) < 4.78 is 10.5. The van der Waals surface area contributed by atoms with Crippen molar-refractivity contribution in [3.05, 3.63) is 63.0 Å². The number of thioether (sulfide) groups is 1. The Morgan fingerprint density at radius 1 is 0.967 bits per heavy atom. The van der Waals surface area contributed by atoms with Crippen molar-refractivity contribution in [3.63, 3.8) is 0 Å². The predicted molar refractivity (Wildman–Crippen MR) is 115 cm³/mol. The molecule has 1 aliphatic heterocycles. The average Bonchev–Trinajstić information content (AvgIpc) is 2.96. The number of carbonyl (C=O) groups excluding carboxylic acids is 2. The number of nitro benzene ring substituents is 1. The Bertz CT molecular complexity index is 1020. The Kier molecular flexibility index (Phi) is 6.12. The maximum absolute atomic E-state index is 13.3. The number of carbonyl (C=O) groups is 2. The predicted octanol–water partition coefficient (Wildman–Crippen LogP) is 4.04. The van der Waals surface area contributed by atoms with Gasteiger partial charge >= 0.3 is 0 Å². The highest BCUT2D eigenvalue weighted by molar-refractivity contribution is 8.04. The number of imide groups is 1. The molecule has 8 nitrogen and oxygen atoms in total. The number of non-ortho nitro benzene ring substituents is 1. The van der Waals surface area contributed by atoms with E-state index >= 15 is 0 Å². The lowest BCUT2D eigenvalue weighted by Gasteiger charge is -2.17. The molecule has 0 aromatic heterocycles. The highest BCUT2D eigenvalue weighted by Gasteiger charge is 2.41. The number of nitro groups is 1. The number of amides is 2. The molecule has 1 heterocycles. The number of ether oxygens (including phenoxy) is 2. The molecule has 0 atom stereocenters. The molecule has 2 aromatic carbocycles. The molecule has 1 aliphatic rings.